The molecule has 31 heavy (non-hydrogen) atoms. The number of aromatic amines is 1. The Hall–Kier alpha value is -3.62. The van der Waals surface area contributed by atoms with E-state index in [1.54, 1.807) is 6.20 Å². The molecule has 1 amide bonds. The molecule has 2 aromatic heterocycles. The normalized spacial score (nSPS) is 15.6. The van der Waals surface area contributed by atoms with E-state index in [4.69, 9.17) is 19.6 Å². The topological polar surface area (TPSA) is 122 Å². The Morgan fingerprint density at radius 1 is 1.39 bits per heavy atom. The Kier molecular flexibility index (Phi) is 4.93. The maximum Gasteiger partial charge on any atom is 0.255 e. The summed E-state index contributed by atoms with van der Waals surface area (Å²) in [6.45, 7) is 2.63. The van der Waals surface area contributed by atoms with E-state index < -0.39 is 0 Å². The van der Waals surface area contributed by atoms with Crippen LogP contribution < -0.4 is 19.5 Å². The van der Waals surface area contributed by atoms with Crippen LogP contribution in [0.5, 0.6) is 17.2 Å². The highest BCUT2D eigenvalue weighted by atomic mass is 16.7. The lowest BCUT2D eigenvalue weighted by Crippen LogP contribution is -2.32. The summed E-state index contributed by atoms with van der Waals surface area (Å²) in [5.74, 6) is 2.20. The zero-order valence-electron chi connectivity index (χ0n) is 17.1. The van der Waals surface area contributed by atoms with Crippen LogP contribution in [-0.2, 0) is 0 Å². The second kappa shape index (κ2) is 7.90. The van der Waals surface area contributed by atoms with Gasteiger partial charge in [-0.2, -0.15) is 0 Å². The average Bonchev–Trinajstić information content (AvgIpc) is 3.29. The first-order chi connectivity index (χ1) is 15.2. The Morgan fingerprint density at radius 3 is 3.06 bits per heavy atom. The summed E-state index contributed by atoms with van der Waals surface area (Å²) in [6.07, 6.45) is 7.17. The number of carbonyl (C=O) groups excluding carboxylic acids is 1. The Labute approximate surface area is 178 Å². The van der Waals surface area contributed by atoms with Crippen LogP contribution in [0, 0.1) is 11.3 Å². The molecular formula is C22H23N5O4. The molecule has 1 saturated carbocycles. The van der Waals surface area contributed by atoms with E-state index in [0.717, 1.165) is 0 Å². The summed E-state index contributed by atoms with van der Waals surface area (Å²) in [5, 5.41) is 10.1. The second-order valence-corrected chi connectivity index (χ2v) is 7.89. The summed E-state index contributed by atoms with van der Waals surface area (Å²) in [5.41, 5.74) is 2.82. The molecular weight excluding hydrogens is 398 g/mol. The van der Waals surface area contributed by atoms with Gasteiger partial charge in [0.2, 0.25) is 6.79 Å². The zero-order chi connectivity index (χ0) is 21.4. The molecule has 0 bridgehead atoms. The number of nitrogens with one attached hydrogen (secondary N) is 3. The third kappa shape index (κ3) is 3.67. The van der Waals surface area contributed by atoms with E-state index >= 15 is 0 Å². The minimum Gasteiger partial charge on any atom is -0.492 e. The van der Waals surface area contributed by atoms with Crippen molar-refractivity contribution in [1.82, 2.24) is 20.3 Å². The first-order valence-electron chi connectivity index (χ1n) is 10.3. The summed E-state index contributed by atoms with van der Waals surface area (Å²) in [6, 6.07) is 3.56. The summed E-state index contributed by atoms with van der Waals surface area (Å²) >= 11 is 0. The fourth-order valence-corrected chi connectivity index (χ4v) is 3.63. The number of hydrogen-bond acceptors (Lipinski definition) is 7. The molecule has 5 rings (SSSR count). The van der Waals surface area contributed by atoms with E-state index in [1.807, 2.05) is 19.1 Å². The number of nitrogens with zero attached hydrogens (tertiary/aromatic N) is 2. The number of aromatic nitrogens is 3. The van der Waals surface area contributed by atoms with Gasteiger partial charge in [0.25, 0.3) is 5.91 Å². The predicted molar refractivity (Wildman–Crippen MR) is 114 cm³/mol. The maximum atomic E-state index is 12.8. The SMILES string of the molecule is C[C@H](CC=N)NC(=O)c1c[nH]c2c(-c3c(OCC4CC4)ccc4c3OCO4)ncnc12. The average molecular weight is 421 g/mol. The fraction of sp³-hybridized carbons (Fsp3) is 0.364. The molecule has 9 nitrogen and oxygen atoms in total. The van der Waals surface area contributed by atoms with Gasteiger partial charge in [-0.1, -0.05) is 0 Å². The van der Waals surface area contributed by atoms with E-state index in [1.165, 1.54) is 25.4 Å². The van der Waals surface area contributed by atoms with E-state index in [2.05, 4.69) is 20.3 Å². The standard InChI is InChI=1S/C22H23N5O4/c1-12(6-7-23)27-22(28)14-8-24-20-18(14)25-10-26-19(20)17-15(29-9-13-2-3-13)4-5-16-21(17)31-11-30-16/h4-5,7-8,10,12-13,23-24H,2-3,6,9,11H2,1H3,(H,27,28)/t12-/m1/s1. The number of hydrogen-bond donors (Lipinski definition) is 3. The predicted octanol–water partition coefficient (Wildman–Crippen LogP) is 3.30. The van der Waals surface area contributed by atoms with Gasteiger partial charge in [-0.3, -0.25) is 4.79 Å². The fourth-order valence-electron chi connectivity index (χ4n) is 3.63. The van der Waals surface area contributed by atoms with Crippen molar-refractivity contribution in [3.63, 3.8) is 0 Å². The van der Waals surface area contributed by atoms with Crippen molar-refractivity contribution in [2.45, 2.75) is 32.2 Å². The summed E-state index contributed by atoms with van der Waals surface area (Å²) < 4.78 is 17.4. The Balaban J connectivity index is 1.56. The van der Waals surface area contributed by atoms with Crippen molar-refractivity contribution < 1.29 is 19.0 Å². The van der Waals surface area contributed by atoms with Crippen LogP contribution in [-0.4, -0.2) is 46.5 Å². The molecule has 160 valence electrons. The van der Waals surface area contributed by atoms with Gasteiger partial charge in [0.15, 0.2) is 11.5 Å². The van der Waals surface area contributed by atoms with Gasteiger partial charge in [-0.25, -0.2) is 9.97 Å². The third-order valence-electron chi connectivity index (χ3n) is 5.47. The number of benzene rings is 1. The molecule has 0 unspecified atom stereocenters. The van der Waals surface area contributed by atoms with Crippen LogP contribution in [0.3, 0.4) is 0 Å². The minimum atomic E-state index is -0.256. The van der Waals surface area contributed by atoms with Gasteiger partial charge >= 0.3 is 0 Å². The molecule has 3 heterocycles. The van der Waals surface area contributed by atoms with Crippen molar-refractivity contribution in [1.29, 1.82) is 5.41 Å². The van der Waals surface area contributed by atoms with Crippen LogP contribution in [0.2, 0.25) is 0 Å². The summed E-state index contributed by atoms with van der Waals surface area (Å²) in [7, 11) is 0. The van der Waals surface area contributed by atoms with E-state index in [-0.39, 0.29) is 18.7 Å². The smallest absolute Gasteiger partial charge is 0.255 e. The van der Waals surface area contributed by atoms with Crippen LogP contribution in [0.25, 0.3) is 22.3 Å². The van der Waals surface area contributed by atoms with Crippen LogP contribution in [0.4, 0.5) is 0 Å². The van der Waals surface area contributed by atoms with Gasteiger partial charge < -0.3 is 29.9 Å². The van der Waals surface area contributed by atoms with Gasteiger partial charge in [-0.15, -0.1) is 0 Å². The molecule has 9 heteroatoms. The highest BCUT2D eigenvalue weighted by Gasteiger charge is 2.29. The quantitative estimate of drug-likeness (QED) is 0.480. The first-order valence-corrected chi connectivity index (χ1v) is 10.3. The lowest BCUT2D eigenvalue weighted by molar-refractivity contribution is 0.0943. The van der Waals surface area contributed by atoms with Crippen LogP contribution in [0.15, 0.2) is 24.7 Å². The number of rotatable bonds is 8. The largest absolute Gasteiger partial charge is 0.492 e. The molecule has 1 aromatic carbocycles. The number of H-pyrrole nitrogens is 1. The maximum absolute atomic E-state index is 12.8. The van der Waals surface area contributed by atoms with E-state index in [9.17, 15) is 4.79 Å². The van der Waals surface area contributed by atoms with Crippen molar-refractivity contribution in [2.75, 3.05) is 13.4 Å². The van der Waals surface area contributed by atoms with Crippen LogP contribution in [0.1, 0.15) is 36.5 Å². The van der Waals surface area contributed by atoms with Gasteiger partial charge in [-0.05, 0) is 44.0 Å². The molecule has 1 aliphatic carbocycles. The molecule has 1 atom stereocenters. The molecule has 0 radical (unpaired) electrons. The number of carbonyl (C=O) groups is 1. The molecule has 1 aliphatic heterocycles. The van der Waals surface area contributed by atoms with Crippen LogP contribution >= 0.6 is 0 Å². The highest BCUT2D eigenvalue weighted by Crippen LogP contribution is 2.48. The number of amides is 1. The first kappa shape index (κ1) is 19.3. The van der Waals surface area contributed by atoms with Crippen molar-refractivity contribution >= 4 is 23.2 Å². The molecule has 3 N–H and O–H groups in total. The Morgan fingerprint density at radius 2 is 2.26 bits per heavy atom. The van der Waals surface area contributed by atoms with Gasteiger partial charge in [0.1, 0.15) is 23.3 Å². The third-order valence-corrected chi connectivity index (χ3v) is 5.47. The lowest BCUT2D eigenvalue weighted by Gasteiger charge is -2.14. The van der Waals surface area contributed by atoms with Gasteiger partial charge in [0.05, 0.1) is 23.3 Å². The molecule has 2 aliphatic rings. The van der Waals surface area contributed by atoms with Crippen molar-refractivity contribution in [2.24, 2.45) is 5.92 Å². The monoisotopic (exact) mass is 421 g/mol. The number of ether oxygens (including phenoxy) is 3. The molecule has 0 saturated heterocycles. The van der Waals surface area contributed by atoms with E-state index in [0.29, 0.717) is 64.0 Å². The zero-order valence-corrected chi connectivity index (χ0v) is 17.1. The molecule has 1 fully saturated rings. The molecule has 3 aromatic rings. The van der Waals surface area contributed by atoms with Gasteiger partial charge in [0, 0.05) is 18.7 Å². The second-order valence-electron chi connectivity index (χ2n) is 7.89. The summed E-state index contributed by atoms with van der Waals surface area (Å²) in [4.78, 5) is 24.8. The Bertz CT molecular complexity index is 1150. The highest BCUT2D eigenvalue weighted by molar-refractivity contribution is 6.08. The molecule has 0 spiro atoms. The van der Waals surface area contributed by atoms with Crippen molar-refractivity contribution in [3.05, 3.63) is 30.2 Å². The van der Waals surface area contributed by atoms with Crippen molar-refractivity contribution in [3.8, 4) is 28.5 Å². The lowest BCUT2D eigenvalue weighted by atomic mass is 10.1. The number of fused-ring (bicyclic) bond motifs is 2. The minimum absolute atomic E-state index is 0.131.